The second-order valence-electron chi connectivity index (χ2n) is 2.53. The lowest BCUT2D eigenvalue weighted by atomic mass is 9.98. The lowest BCUT2D eigenvalue weighted by molar-refractivity contribution is 0.0567. The van der Waals surface area contributed by atoms with E-state index in [4.69, 9.17) is 0 Å². The van der Waals surface area contributed by atoms with Crippen molar-refractivity contribution in [3.05, 3.63) is 36.2 Å². The van der Waals surface area contributed by atoms with Gasteiger partial charge >= 0.3 is 5.92 Å². The fourth-order valence-electron chi connectivity index (χ4n) is 0.959. The van der Waals surface area contributed by atoms with Gasteiger partial charge in [0.1, 0.15) is 5.83 Å². The molecule has 0 heterocycles. The number of allylic oxidation sites excluding steroid dienone is 5. The Morgan fingerprint density at radius 2 is 1.85 bits per heavy atom. The Kier molecular flexibility index (Phi) is 2.28. The fourth-order valence-corrected chi connectivity index (χ4v) is 0.959. The highest BCUT2D eigenvalue weighted by atomic mass is 19.3. The van der Waals surface area contributed by atoms with Gasteiger partial charge in [0.05, 0.1) is 5.92 Å². The Morgan fingerprint density at radius 3 is 2.31 bits per heavy atom. The summed E-state index contributed by atoms with van der Waals surface area (Å²) in [5, 5.41) is 0. The summed E-state index contributed by atoms with van der Waals surface area (Å²) in [5.74, 6) is -11.4. The molecule has 0 aliphatic heterocycles. The van der Waals surface area contributed by atoms with E-state index in [9.17, 15) is 22.0 Å². The predicted octanol–water partition coefficient (Wildman–Crippen LogP) is 3.44. The van der Waals surface area contributed by atoms with E-state index in [0.717, 1.165) is 6.08 Å². The van der Waals surface area contributed by atoms with E-state index in [1.165, 1.54) is 0 Å². The Morgan fingerprint density at radius 1 is 1.31 bits per heavy atom. The summed E-state index contributed by atoms with van der Waals surface area (Å²) in [4.78, 5) is 0. The van der Waals surface area contributed by atoms with Gasteiger partial charge < -0.3 is 0 Å². The Hall–Kier alpha value is -1.13. The van der Waals surface area contributed by atoms with Gasteiger partial charge in [-0.2, -0.15) is 8.78 Å². The molecule has 1 aliphatic rings. The topological polar surface area (TPSA) is 0 Å². The Balaban J connectivity index is 3.20. The molecule has 0 N–H and O–H groups in total. The molecule has 1 rings (SSSR count). The molecule has 0 amide bonds. The van der Waals surface area contributed by atoms with Gasteiger partial charge in [-0.3, -0.25) is 0 Å². The average molecular weight is 196 g/mol. The van der Waals surface area contributed by atoms with Crippen LogP contribution in [0.5, 0.6) is 0 Å². The third-order valence-corrected chi connectivity index (χ3v) is 1.63. The molecule has 1 unspecified atom stereocenters. The zero-order valence-electron chi connectivity index (χ0n) is 6.33. The van der Waals surface area contributed by atoms with Crippen LogP contribution in [0.3, 0.4) is 0 Å². The molecule has 0 aromatic rings. The second-order valence-corrected chi connectivity index (χ2v) is 2.53. The van der Waals surface area contributed by atoms with Gasteiger partial charge in [0.25, 0.3) is 0 Å². The SMILES string of the molecule is C=CC1C(F)=CC(F)(F)C(F)=C1F. The molecule has 0 spiro atoms. The molecule has 0 aromatic carbocycles. The third kappa shape index (κ3) is 1.50. The minimum Gasteiger partial charge on any atom is -0.211 e. The van der Waals surface area contributed by atoms with E-state index in [-0.39, 0.29) is 6.08 Å². The van der Waals surface area contributed by atoms with Crippen molar-refractivity contribution < 1.29 is 22.0 Å². The molecule has 1 aliphatic carbocycles. The van der Waals surface area contributed by atoms with Gasteiger partial charge in [0, 0.05) is 6.08 Å². The van der Waals surface area contributed by atoms with Gasteiger partial charge in [-0.1, -0.05) is 6.08 Å². The summed E-state index contributed by atoms with van der Waals surface area (Å²) in [7, 11) is 0. The van der Waals surface area contributed by atoms with Crippen molar-refractivity contribution in [1.82, 2.24) is 0 Å². The number of alkyl halides is 2. The van der Waals surface area contributed by atoms with Crippen LogP contribution in [0.2, 0.25) is 0 Å². The van der Waals surface area contributed by atoms with E-state index < -0.39 is 29.3 Å². The smallest absolute Gasteiger partial charge is 0.211 e. The first-order chi connectivity index (χ1) is 5.90. The zero-order valence-corrected chi connectivity index (χ0v) is 6.33. The van der Waals surface area contributed by atoms with Crippen molar-refractivity contribution in [1.29, 1.82) is 0 Å². The molecule has 0 saturated carbocycles. The second kappa shape index (κ2) is 2.97. The van der Waals surface area contributed by atoms with Crippen LogP contribution in [0.1, 0.15) is 0 Å². The maximum Gasteiger partial charge on any atom is 0.322 e. The van der Waals surface area contributed by atoms with Gasteiger partial charge in [-0.25, -0.2) is 13.2 Å². The lowest BCUT2D eigenvalue weighted by Gasteiger charge is -2.19. The molecule has 0 aromatic heterocycles. The van der Waals surface area contributed by atoms with Gasteiger partial charge in [-0.05, 0) is 0 Å². The van der Waals surface area contributed by atoms with E-state index in [2.05, 4.69) is 6.58 Å². The van der Waals surface area contributed by atoms with E-state index in [1.54, 1.807) is 0 Å². The highest BCUT2D eigenvalue weighted by Crippen LogP contribution is 2.41. The number of hydrogen-bond acceptors (Lipinski definition) is 0. The molecule has 0 radical (unpaired) electrons. The highest BCUT2D eigenvalue weighted by Gasteiger charge is 2.43. The first-order valence-electron chi connectivity index (χ1n) is 3.34. The van der Waals surface area contributed by atoms with E-state index in [1.807, 2.05) is 0 Å². The standard InChI is InChI=1S/C8H5F5/c1-2-4-5(9)3-8(12,13)7(11)6(4)10/h2-4H,1H2. The van der Waals surface area contributed by atoms with Crippen molar-refractivity contribution >= 4 is 0 Å². The van der Waals surface area contributed by atoms with E-state index in [0.29, 0.717) is 0 Å². The minimum atomic E-state index is -4.19. The maximum absolute atomic E-state index is 12.7. The molecule has 0 bridgehead atoms. The molecule has 5 heteroatoms. The average Bonchev–Trinajstić information content (AvgIpc) is 2.01. The maximum atomic E-state index is 12.7. The molecule has 0 nitrogen and oxygen atoms in total. The molecular formula is C8H5F5. The Labute approximate surface area is 71.0 Å². The minimum absolute atomic E-state index is 0.252. The van der Waals surface area contributed by atoms with Crippen LogP contribution < -0.4 is 0 Å². The van der Waals surface area contributed by atoms with Crippen molar-refractivity contribution in [3.8, 4) is 0 Å². The summed E-state index contributed by atoms with van der Waals surface area (Å²) < 4.78 is 62.5. The first kappa shape index (κ1) is 9.95. The number of hydrogen-bond donors (Lipinski definition) is 0. The highest BCUT2D eigenvalue weighted by molar-refractivity contribution is 5.33. The predicted molar refractivity (Wildman–Crippen MR) is 37.1 cm³/mol. The van der Waals surface area contributed by atoms with Crippen LogP contribution in [-0.2, 0) is 0 Å². The van der Waals surface area contributed by atoms with Crippen LogP contribution >= 0.6 is 0 Å². The third-order valence-electron chi connectivity index (χ3n) is 1.63. The van der Waals surface area contributed by atoms with Crippen molar-refractivity contribution in [2.75, 3.05) is 0 Å². The summed E-state index contributed by atoms with van der Waals surface area (Å²) in [5.41, 5.74) is 0. The quantitative estimate of drug-likeness (QED) is 0.445. The van der Waals surface area contributed by atoms with Crippen LogP contribution in [0.25, 0.3) is 0 Å². The molecule has 1 atom stereocenters. The number of halogens is 5. The summed E-state index contributed by atoms with van der Waals surface area (Å²) >= 11 is 0. The normalized spacial score (nSPS) is 27.2. The van der Waals surface area contributed by atoms with Crippen molar-refractivity contribution in [3.63, 3.8) is 0 Å². The zero-order chi connectivity index (χ0) is 10.2. The van der Waals surface area contributed by atoms with Gasteiger partial charge in [-0.15, -0.1) is 6.58 Å². The van der Waals surface area contributed by atoms with Crippen LogP contribution in [-0.4, -0.2) is 5.92 Å². The van der Waals surface area contributed by atoms with E-state index >= 15 is 0 Å². The summed E-state index contributed by atoms with van der Waals surface area (Å²) in [6.45, 7) is 3.00. The van der Waals surface area contributed by atoms with Crippen LogP contribution in [0.4, 0.5) is 22.0 Å². The van der Waals surface area contributed by atoms with Gasteiger partial charge in [0.15, 0.2) is 5.83 Å². The molecule has 13 heavy (non-hydrogen) atoms. The number of rotatable bonds is 1. The van der Waals surface area contributed by atoms with Crippen molar-refractivity contribution in [2.45, 2.75) is 5.92 Å². The Bertz CT molecular complexity index is 300. The molecule has 0 fully saturated rings. The molecular weight excluding hydrogens is 191 g/mol. The summed E-state index contributed by atoms with van der Waals surface area (Å²) in [6.07, 6.45) is 0.466. The van der Waals surface area contributed by atoms with Crippen LogP contribution in [0, 0.1) is 5.92 Å². The largest absolute Gasteiger partial charge is 0.322 e. The molecule has 0 saturated heterocycles. The summed E-state index contributed by atoms with van der Waals surface area (Å²) in [6, 6.07) is 0. The lowest BCUT2D eigenvalue weighted by Crippen LogP contribution is -2.22. The monoisotopic (exact) mass is 196 g/mol. The fraction of sp³-hybridized carbons (Fsp3) is 0.250. The first-order valence-corrected chi connectivity index (χ1v) is 3.34. The van der Waals surface area contributed by atoms with Crippen molar-refractivity contribution in [2.24, 2.45) is 5.92 Å². The van der Waals surface area contributed by atoms with Gasteiger partial charge in [0.2, 0.25) is 5.83 Å². The van der Waals surface area contributed by atoms with Crippen LogP contribution in [0.15, 0.2) is 36.2 Å². The molecule has 72 valence electrons.